The molecule has 7 nitrogen and oxygen atoms in total. The fourth-order valence-electron chi connectivity index (χ4n) is 2.43. The summed E-state index contributed by atoms with van der Waals surface area (Å²) in [5.74, 6) is -2.97. The average molecular weight is 370 g/mol. The van der Waals surface area contributed by atoms with Crippen LogP contribution in [0, 0.1) is 21.7 Å². The number of anilines is 3. The molecule has 3 rings (SSSR count). The van der Waals surface area contributed by atoms with Crippen molar-refractivity contribution in [1.82, 2.24) is 4.98 Å². The number of pyridine rings is 1. The first-order chi connectivity index (χ1) is 12.9. The van der Waals surface area contributed by atoms with Crippen LogP contribution in [-0.2, 0) is 0 Å². The lowest BCUT2D eigenvalue weighted by Gasteiger charge is -2.10. The zero-order chi connectivity index (χ0) is 19.6. The Morgan fingerprint density at radius 3 is 2.37 bits per heavy atom. The lowest BCUT2D eigenvalue weighted by atomic mass is 10.0. The minimum atomic E-state index is -1.00. The van der Waals surface area contributed by atoms with Gasteiger partial charge >= 0.3 is 0 Å². The highest BCUT2D eigenvalue weighted by atomic mass is 19.1. The zero-order valence-corrected chi connectivity index (χ0v) is 13.6. The van der Waals surface area contributed by atoms with Crippen molar-refractivity contribution < 1.29 is 18.5 Å². The molecule has 0 aliphatic rings. The summed E-state index contributed by atoms with van der Waals surface area (Å²) in [5, 5.41) is 13.6. The first-order valence-electron chi connectivity index (χ1n) is 7.63. The topological polar surface area (TPSA) is 111 Å². The normalized spacial score (nSPS) is 10.4. The number of nitro benzene ring substituents is 1. The molecule has 0 aliphatic heterocycles. The van der Waals surface area contributed by atoms with Crippen LogP contribution in [0.25, 0.3) is 0 Å². The van der Waals surface area contributed by atoms with E-state index in [0.29, 0.717) is 5.69 Å². The number of benzene rings is 2. The van der Waals surface area contributed by atoms with Crippen molar-refractivity contribution in [1.29, 1.82) is 0 Å². The van der Waals surface area contributed by atoms with E-state index in [4.69, 9.17) is 5.73 Å². The van der Waals surface area contributed by atoms with E-state index in [1.165, 1.54) is 30.3 Å². The lowest BCUT2D eigenvalue weighted by molar-refractivity contribution is -0.384. The summed E-state index contributed by atoms with van der Waals surface area (Å²) >= 11 is 0. The van der Waals surface area contributed by atoms with Crippen molar-refractivity contribution in [3.63, 3.8) is 0 Å². The Labute approximate surface area is 151 Å². The van der Waals surface area contributed by atoms with E-state index in [2.05, 4.69) is 10.3 Å². The van der Waals surface area contributed by atoms with Gasteiger partial charge in [-0.05, 0) is 30.3 Å². The van der Waals surface area contributed by atoms with Gasteiger partial charge in [-0.3, -0.25) is 14.9 Å². The lowest BCUT2D eigenvalue weighted by Crippen LogP contribution is -2.11. The third kappa shape index (κ3) is 3.71. The maximum atomic E-state index is 13.8. The number of hydrogen-bond donors (Lipinski definition) is 2. The molecule has 3 N–H and O–H groups in total. The van der Waals surface area contributed by atoms with Crippen LogP contribution in [0.3, 0.4) is 0 Å². The third-order valence-electron chi connectivity index (χ3n) is 3.69. The number of carbonyl (C=O) groups is 1. The van der Waals surface area contributed by atoms with Gasteiger partial charge in [0, 0.05) is 17.8 Å². The van der Waals surface area contributed by atoms with Gasteiger partial charge in [-0.2, -0.15) is 0 Å². The minimum Gasteiger partial charge on any atom is -0.383 e. The Kier molecular flexibility index (Phi) is 4.75. The standard InChI is InChI=1S/C18H12F2N4O3/c19-13-5-2-6-14(20)16(13)17(25)12-7-8-15(23-18(12)21)22-10-3-1-4-11(9-10)24(26)27/h1-9H,(H3,21,22,23). The number of hydrogen-bond acceptors (Lipinski definition) is 6. The zero-order valence-electron chi connectivity index (χ0n) is 13.6. The molecule has 0 saturated carbocycles. The van der Waals surface area contributed by atoms with Gasteiger partial charge in [0.15, 0.2) is 0 Å². The minimum absolute atomic E-state index is 0.116. The van der Waals surface area contributed by atoms with Gasteiger partial charge in [0.05, 0.1) is 16.1 Å². The summed E-state index contributed by atoms with van der Waals surface area (Å²) in [6, 6.07) is 11.4. The maximum Gasteiger partial charge on any atom is 0.271 e. The quantitative estimate of drug-likeness (QED) is 0.401. The average Bonchev–Trinajstić information content (AvgIpc) is 2.61. The molecule has 0 spiro atoms. The fraction of sp³-hybridized carbons (Fsp3) is 0. The Morgan fingerprint density at radius 2 is 1.74 bits per heavy atom. The number of nitrogens with one attached hydrogen (secondary N) is 1. The first-order valence-corrected chi connectivity index (χ1v) is 7.63. The summed E-state index contributed by atoms with van der Waals surface area (Å²) < 4.78 is 27.6. The number of nitro groups is 1. The number of aromatic nitrogens is 1. The van der Waals surface area contributed by atoms with E-state index in [1.807, 2.05) is 0 Å². The van der Waals surface area contributed by atoms with Crippen molar-refractivity contribution >= 4 is 28.8 Å². The van der Waals surface area contributed by atoms with Gasteiger partial charge in [0.25, 0.3) is 5.69 Å². The SMILES string of the molecule is Nc1nc(Nc2cccc([N+](=O)[O-])c2)ccc1C(=O)c1c(F)cccc1F. The molecule has 0 fully saturated rings. The second kappa shape index (κ2) is 7.16. The van der Waals surface area contributed by atoms with Crippen LogP contribution >= 0.6 is 0 Å². The molecule has 9 heteroatoms. The molecule has 0 radical (unpaired) electrons. The first kappa shape index (κ1) is 17.9. The van der Waals surface area contributed by atoms with Crippen molar-refractivity contribution in [2.75, 3.05) is 11.1 Å². The summed E-state index contributed by atoms with van der Waals surface area (Å²) in [4.78, 5) is 26.7. The Balaban J connectivity index is 1.89. The number of nitrogens with two attached hydrogens (primary N) is 1. The van der Waals surface area contributed by atoms with E-state index < -0.39 is 27.9 Å². The second-order valence-corrected chi connectivity index (χ2v) is 5.49. The van der Waals surface area contributed by atoms with Gasteiger partial charge < -0.3 is 11.1 Å². The predicted octanol–water partition coefficient (Wildman–Crippen LogP) is 3.82. The molecule has 0 aliphatic carbocycles. The van der Waals surface area contributed by atoms with Gasteiger partial charge in [-0.1, -0.05) is 12.1 Å². The van der Waals surface area contributed by atoms with Crippen LogP contribution in [0.4, 0.5) is 31.8 Å². The summed E-state index contributed by atoms with van der Waals surface area (Å²) in [5.41, 5.74) is 5.15. The molecular weight excluding hydrogens is 358 g/mol. The number of nitrogens with zero attached hydrogens (tertiary/aromatic N) is 2. The number of nitrogen functional groups attached to an aromatic ring is 1. The third-order valence-corrected chi connectivity index (χ3v) is 3.69. The van der Waals surface area contributed by atoms with E-state index >= 15 is 0 Å². The van der Waals surface area contributed by atoms with Gasteiger partial charge in [-0.15, -0.1) is 0 Å². The number of rotatable bonds is 5. The molecule has 2 aromatic carbocycles. The fourth-order valence-corrected chi connectivity index (χ4v) is 2.43. The monoisotopic (exact) mass is 370 g/mol. The van der Waals surface area contributed by atoms with Crippen LogP contribution in [0.1, 0.15) is 15.9 Å². The van der Waals surface area contributed by atoms with Crippen LogP contribution < -0.4 is 11.1 Å². The largest absolute Gasteiger partial charge is 0.383 e. The predicted molar refractivity (Wildman–Crippen MR) is 94.8 cm³/mol. The highest BCUT2D eigenvalue weighted by Gasteiger charge is 2.21. The highest BCUT2D eigenvalue weighted by molar-refractivity contribution is 6.12. The molecule has 0 saturated heterocycles. The molecule has 0 bridgehead atoms. The summed E-state index contributed by atoms with van der Waals surface area (Å²) in [6.07, 6.45) is 0. The molecule has 0 unspecified atom stereocenters. The van der Waals surface area contributed by atoms with Crippen molar-refractivity contribution in [2.24, 2.45) is 0 Å². The summed E-state index contributed by atoms with van der Waals surface area (Å²) in [6.45, 7) is 0. The van der Waals surface area contributed by atoms with E-state index in [0.717, 1.165) is 18.2 Å². The number of ketones is 1. The maximum absolute atomic E-state index is 13.8. The second-order valence-electron chi connectivity index (χ2n) is 5.49. The molecule has 27 heavy (non-hydrogen) atoms. The molecule has 1 aromatic heterocycles. The molecule has 0 atom stereocenters. The highest BCUT2D eigenvalue weighted by Crippen LogP contribution is 2.24. The Morgan fingerprint density at radius 1 is 1.07 bits per heavy atom. The number of carbonyl (C=O) groups excluding carboxylic acids is 1. The Bertz CT molecular complexity index is 1040. The van der Waals surface area contributed by atoms with Crippen LogP contribution in [0.5, 0.6) is 0 Å². The smallest absolute Gasteiger partial charge is 0.271 e. The molecule has 1 heterocycles. The van der Waals surface area contributed by atoms with Gasteiger partial charge in [0.1, 0.15) is 23.3 Å². The van der Waals surface area contributed by atoms with E-state index in [9.17, 15) is 23.7 Å². The van der Waals surface area contributed by atoms with Gasteiger partial charge in [0.2, 0.25) is 5.78 Å². The van der Waals surface area contributed by atoms with Crippen LogP contribution in [-0.4, -0.2) is 15.7 Å². The van der Waals surface area contributed by atoms with Gasteiger partial charge in [-0.25, -0.2) is 13.8 Å². The molecular formula is C18H12F2N4O3. The molecule has 3 aromatic rings. The Hall–Kier alpha value is -3.88. The van der Waals surface area contributed by atoms with Crippen molar-refractivity contribution in [3.8, 4) is 0 Å². The van der Waals surface area contributed by atoms with Crippen LogP contribution in [0.15, 0.2) is 54.6 Å². The van der Waals surface area contributed by atoms with Crippen LogP contribution in [0.2, 0.25) is 0 Å². The number of halogens is 2. The molecule has 0 amide bonds. The van der Waals surface area contributed by atoms with E-state index in [1.54, 1.807) is 6.07 Å². The van der Waals surface area contributed by atoms with E-state index in [-0.39, 0.29) is 22.9 Å². The number of non-ortho nitro benzene ring substituents is 1. The van der Waals surface area contributed by atoms with Crippen molar-refractivity contribution in [3.05, 3.63) is 87.5 Å². The van der Waals surface area contributed by atoms with Crippen molar-refractivity contribution in [2.45, 2.75) is 0 Å². The summed E-state index contributed by atoms with van der Waals surface area (Å²) in [7, 11) is 0. The molecule has 136 valence electrons.